The van der Waals surface area contributed by atoms with Crippen molar-refractivity contribution in [2.45, 2.75) is 32.4 Å². The summed E-state index contributed by atoms with van der Waals surface area (Å²) in [6, 6.07) is 7.80. The molecule has 1 saturated heterocycles. The van der Waals surface area contributed by atoms with Crippen LogP contribution in [-0.2, 0) is 16.1 Å². The third-order valence-corrected chi connectivity index (χ3v) is 3.27. The first-order chi connectivity index (χ1) is 8.76. The van der Waals surface area contributed by atoms with Crippen LogP contribution in [0.5, 0.6) is 0 Å². The first-order valence-electron chi connectivity index (χ1n) is 6.48. The third kappa shape index (κ3) is 2.71. The highest BCUT2D eigenvalue weighted by Gasteiger charge is 2.28. The Morgan fingerprint density at radius 3 is 2.67 bits per heavy atom. The largest absolute Gasteiger partial charge is 0.368 e. The predicted octanol–water partition coefficient (Wildman–Crippen LogP) is 1.68. The average molecular weight is 248 g/mol. The van der Waals surface area contributed by atoms with Crippen LogP contribution in [0.1, 0.15) is 25.3 Å². The number of anilines is 1. The number of hydrogen-bond acceptors (Lipinski definition) is 3. The Bertz CT molecular complexity index is 397. The summed E-state index contributed by atoms with van der Waals surface area (Å²) >= 11 is 0. The summed E-state index contributed by atoms with van der Waals surface area (Å²) in [5.74, 6) is 0.0653. The van der Waals surface area contributed by atoms with Crippen LogP contribution in [0, 0.1) is 0 Å². The number of nitrogens with two attached hydrogens (primary N) is 1. The van der Waals surface area contributed by atoms with Crippen LogP contribution >= 0.6 is 0 Å². The number of carbonyl (C=O) groups is 1. The van der Waals surface area contributed by atoms with Gasteiger partial charge in [-0.2, -0.15) is 0 Å². The van der Waals surface area contributed by atoms with Crippen molar-refractivity contribution in [3.05, 3.63) is 29.8 Å². The number of carbonyl (C=O) groups excluding carboxylic acids is 1. The Morgan fingerprint density at radius 2 is 2.17 bits per heavy atom. The Morgan fingerprint density at radius 1 is 1.44 bits per heavy atom. The van der Waals surface area contributed by atoms with E-state index in [0.717, 1.165) is 24.1 Å². The van der Waals surface area contributed by atoms with Crippen molar-refractivity contribution >= 4 is 11.6 Å². The second-order valence-electron chi connectivity index (χ2n) is 4.45. The van der Waals surface area contributed by atoms with Crippen LogP contribution in [0.15, 0.2) is 24.3 Å². The zero-order chi connectivity index (χ0) is 13.0. The van der Waals surface area contributed by atoms with Gasteiger partial charge in [0, 0.05) is 25.4 Å². The number of benzene rings is 1. The van der Waals surface area contributed by atoms with Gasteiger partial charge < -0.3 is 15.4 Å². The van der Waals surface area contributed by atoms with Crippen molar-refractivity contribution < 1.29 is 9.53 Å². The van der Waals surface area contributed by atoms with Gasteiger partial charge in [0.2, 0.25) is 0 Å². The van der Waals surface area contributed by atoms with Crippen LogP contribution in [0.2, 0.25) is 0 Å². The maximum atomic E-state index is 12.3. The first kappa shape index (κ1) is 13.1. The van der Waals surface area contributed by atoms with Crippen molar-refractivity contribution in [3.63, 3.8) is 0 Å². The molecule has 0 bridgehead atoms. The summed E-state index contributed by atoms with van der Waals surface area (Å²) in [5.41, 5.74) is 7.55. The predicted molar refractivity (Wildman–Crippen MR) is 71.3 cm³/mol. The van der Waals surface area contributed by atoms with E-state index >= 15 is 0 Å². The normalized spacial score (nSPS) is 18.9. The van der Waals surface area contributed by atoms with Crippen molar-refractivity contribution in [3.8, 4) is 0 Å². The minimum atomic E-state index is -0.265. The highest BCUT2D eigenvalue weighted by molar-refractivity contribution is 5.96. The van der Waals surface area contributed by atoms with E-state index in [0.29, 0.717) is 19.7 Å². The van der Waals surface area contributed by atoms with Crippen molar-refractivity contribution in [2.24, 2.45) is 5.73 Å². The maximum Gasteiger partial charge on any atom is 0.256 e. The summed E-state index contributed by atoms with van der Waals surface area (Å²) in [6.45, 7) is 3.84. The smallest absolute Gasteiger partial charge is 0.256 e. The van der Waals surface area contributed by atoms with Gasteiger partial charge in [0.1, 0.15) is 6.10 Å². The highest BCUT2D eigenvalue weighted by Crippen LogP contribution is 2.20. The number of likely N-dealkylation sites (N-methyl/N-ethyl adjacent to an activating group) is 1. The molecule has 4 nitrogen and oxygen atoms in total. The molecular weight excluding hydrogens is 228 g/mol. The van der Waals surface area contributed by atoms with Gasteiger partial charge in [-0.25, -0.2) is 0 Å². The molecule has 0 saturated carbocycles. The lowest BCUT2D eigenvalue weighted by Gasteiger charge is -2.24. The van der Waals surface area contributed by atoms with Crippen molar-refractivity contribution in [2.75, 3.05) is 18.1 Å². The molecular formula is C14H20N2O2. The number of ether oxygens (including phenoxy) is 1. The van der Waals surface area contributed by atoms with Crippen LogP contribution in [-0.4, -0.2) is 25.2 Å². The molecule has 0 radical (unpaired) electrons. The summed E-state index contributed by atoms with van der Waals surface area (Å²) in [5, 5.41) is 0. The Kier molecular flexibility index (Phi) is 4.33. The van der Waals surface area contributed by atoms with Crippen LogP contribution in [0.3, 0.4) is 0 Å². The molecule has 2 rings (SSSR count). The fraction of sp³-hybridized carbons (Fsp3) is 0.500. The van der Waals surface area contributed by atoms with E-state index in [2.05, 4.69) is 0 Å². The molecule has 98 valence electrons. The fourth-order valence-corrected chi connectivity index (χ4v) is 2.22. The van der Waals surface area contributed by atoms with Crippen LogP contribution in [0.25, 0.3) is 0 Å². The molecule has 0 aliphatic carbocycles. The maximum absolute atomic E-state index is 12.3. The second-order valence-corrected chi connectivity index (χ2v) is 4.45. The van der Waals surface area contributed by atoms with E-state index in [4.69, 9.17) is 10.5 Å². The van der Waals surface area contributed by atoms with E-state index in [9.17, 15) is 4.79 Å². The molecule has 18 heavy (non-hydrogen) atoms. The van der Waals surface area contributed by atoms with Gasteiger partial charge in [-0.15, -0.1) is 0 Å². The lowest BCUT2D eigenvalue weighted by molar-refractivity contribution is -0.127. The molecule has 0 aromatic heterocycles. The molecule has 1 amide bonds. The number of rotatable bonds is 4. The Balaban J connectivity index is 2.13. The van der Waals surface area contributed by atoms with Gasteiger partial charge in [-0.3, -0.25) is 4.79 Å². The van der Waals surface area contributed by atoms with E-state index in [1.54, 1.807) is 4.90 Å². The van der Waals surface area contributed by atoms with Crippen molar-refractivity contribution in [1.29, 1.82) is 0 Å². The lowest BCUT2D eigenvalue weighted by Crippen LogP contribution is -2.38. The van der Waals surface area contributed by atoms with Gasteiger partial charge in [0.25, 0.3) is 5.91 Å². The van der Waals surface area contributed by atoms with Crippen LogP contribution in [0.4, 0.5) is 5.69 Å². The number of hydrogen-bond donors (Lipinski definition) is 1. The van der Waals surface area contributed by atoms with Gasteiger partial charge in [-0.1, -0.05) is 12.1 Å². The molecule has 1 heterocycles. The molecule has 1 aliphatic heterocycles. The SMILES string of the molecule is CCN(C(=O)C1CCCO1)c1ccc(CN)cc1. The minimum absolute atomic E-state index is 0.0653. The van der Waals surface area contributed by atoms with E-state index < -0.39 is 0 Å². The summed E-state index contributed by atoms with van der Waals surface area (Å²) < 4.78 is 5.45. The van der Waals surface area contributed by atoms with Crippen LogP contribution < -0.4 is 10.6 Å². The third-order valence-electron chi connectivity index (χ3n) is 3.27. The monoisotopic (exact) mass is 248 g/mol. The molecule has 1 fully saturated rings. The molecule has 1 atom stereocenters. The molecule has 1 aromatic rings. The summed E-state index contributed by atoms with van der Waals surface area (Å²) in [6.07, 6.45) is 1.54. The molecule has 1 aromatic carbocycles. The fourth-order valence-electron chi connectivity index (χ4n) is 2.22. The molecule has 1 unspecified atom stereocenters. The zero-order valence-corrected chi connectivity index (χ0v) is 10.8. The van der Waals surface area contributed by atoms with Gasteiger partial charge in [0.05, 0.1) is 0 Å². The van der Waals surface area contributed by atoms with E-state index in [1.807, 2.05) is 31.2 Å². The quantitative estimate of drug-likeness (QED) is 0.882. The minimum Gasteiger partial charge on any atom is -0.368 e. The molecule has 2 N–H and O–H groups in total. The molecule has 0 spiro atoms. The number of nitrogens with zero attached hydrogens (tertiary/aromatic N) is 1. The molecule has 4 heteroatoms. The first-order valence-corrected chi connectivity index (χ1v) is 6.48. The lowest BCUT2D eigenvalue weighted by atomic mass is 10.1. The van der Waals surface area contributed by atoms with Gasteiger partial charge in [0.15, 0.2) is 0 Å². The second kappa shape index (κ2) is 5.98. The van der Waals surface area contributed by atoms with Gasteiger partial charge >= 0.3 is 0 Å². The zero-order valence-electron chi connectivity index (χ0n) is 10.8. The highest BCUT2D eigenvalue weighted by atomic mass is 16.5. The Hall–Kier alpha value is -1.39. The molecule has 1 aliphatic rings. The standard InChI is InChI=1S/C14H20N2O2/c1-2-16(14(17)13-4-3-9-18-13)12-7-5-11(10-15)6-8-12/h5-8,13H,2-4,9-10,15H2,1H3. The number of amides is 1. The van der Waals surface area contributed by atoms with Gasteiger partial charge in [-0.05, 0) is 37.5 Å². The van der Waals surface area contributed by atoms with E-state index in [1.165, 1.54) is 0 Å². The van der Waals surface area contributed by atoms with E-state index in [-0.39, 0.29) is 12.0 Å². The average Bonchev–Trinajstić information content (AvgIpc) is 2.94. The van der Waals surface area contributed by atoms with Crippen molar-refractivity contribution in [1.82, 2.24) is 0 Å². The Labute approximate surface area is 108 Å². The topological polar surface area (TPSA) is 55.6 Å². The summed E-state index contributed by atoms with van der Waals surface area (Å²) in [7, 11) is 0. The summed E-state index contributed by atoms with van der Waals surface area (Å²) in [4.78, 5) is 14.1.